The number of halogens is 2. The molecule has 1 aromatic rings. The fraction of sp³-hybridized carbons (Fsp3) is 0.500. The number of rotatable bonds is 3. The van der Waals surface area contributed by atoms with E-state index in [-0.39, 0.29) is 5.38 Å². The number of alkyl halides is 1. The summed E-state index contributed by atoms with van der Waals surface area (Å²) >= 11 is 12.3. The molecule has 2 rings (SSSR count). The molecule has 0 spiro atoms. The summed E-state index contributed by atoms with van der Waals surface area (Å²) in [5.74, 6) is 0.491. The Bertz CT molecular complexity index is 321. The molecule has 0 bridgehead atoms. The van der Waals surface area contributed by atoms with Crippen molar-refractivity contribution in [3.05, 3.63) is 34.9 Å². The average Bonchev–Trinajstić information content (AvgIpc) is 2.70. The molecule has 2 atom stereocenters. The van der Waals surface area contributed by atoms with Gasteiger partial charge in [-0.15, -0.1) is 11.6 Å². The molecule has 1 heterocycles. The molecule has 0 N–H and O–H groups in total. The topological polar surface area (TPSA) is 9.23 Å². The Morgan fingerprint density at radius 3 is 3.00 bits per heavy atom. The Labute approximate surface area is 100 Å². The highest BCUT2D eigenvalue weighted by Gasteiger charge is 2.23. The molecular weight excluding hydrogens is 231 g/mol. The standard InChI is InChI=1S/C12H14Cl2O/c13-11-3-1-2-9(6-11)7-12(14)10-4-5-15-8-10/h1-3,6,10,12H,4-5,7-8H2. The molecule has 1 aliphatic heterocycles. The molecule has 0 aliphatic carbocycles. The lowest BCUT2D eigenvalue weighted by molar-refractivity contribution is 0.185. The van der Waals surface area contributed by atoms with E-state index in [1.165, 1.54) is 5.56 Å². The highest BCUT2D eigenvalue weighted by Crippen LogP contribution is 2.24. The van der Waals surface area contributed by atoms with E-state index < -0.39 is 0 Å². The van der Waals surface area contributed by atoms with Crippen molar-refractivity contribution < 1.29 is 4.74 Å². The van der Waals surface area contributed by atoms with E-state index in [0.717, 1.165) is 31.1 Å². The molecule has 1 aliphatic rings. The lowest BCUT2D eigenvalue weighted by Crippen LogP contribution is -2.17. The van der Waals surface area contributed by atoms with Crippen molar-refractivity contribution >= 4 is 23.2 Å². The third kappa shape index (κ3) is 3.10. The maximum atomic E-state index is 6.35. The van der Waals surface area contributed by atoms with Crippen LogP contribution in [0, 0.1) is 5.92 Å². The summed E-state index contributed by atoms with van der Waals surface area (Å²) in [4.78, 5) is 0. The van der Waals surface area contributed by atoms with Gasteiger partial charge in [0.1, 0.15) is 0 Å². The van der Waals surface area contributed by atoms with Crippen LogP contribution in [0.5, 0.6) is 0 Å². The van der Waals surface area contributed by atoms with Gasteiger partial charge in [-0.05, 0) is 30.5 Å². The summed E-state index contributed by atoms with van der Waals surface area (Å²) < 4.78 is 5.33. The zero-order chi connectivity index (χ0) is 10.7. The zero-order valence-corrected chi connectivity index (χ0v) is 9.97. The highest BCUT2D eigenvalue weighted by atomic mass is 35.5. The third-order valence-corrected chi connectivity index (χ3v) is 3.54. The van der Waals surface area contributed by atoms with Crippen LogP contribution in [-0.4, -0.2) is 18.6 Å². The van der Waals surface area contributed by atoms with Crippen LogP contribution in [0.4, 0.5) is 0 Å². The van der Waals surface area contributed by atoms with Gasteiger partial charge in [0.2, 0.25) is 0 Å². The van der Waals surface area contributed by atoms with Crippen molar-refractivity contribution in [2.75, 3.05) is 13.2 Å². The van der Waals surface area contributed by atoms with Gasteiger partial charge < -0.3 is 4.74 Å². The molecule has 0 radical (unpaired) electrons. The van der Waals surface area contributed by atoms with Gasteiger partial charge >= 0.3 is 0 Å². The molecule has 1 aromatic carbocycles. The molecular formula is C12H14Cl2O. The normalized spacial score (nSPS) is 22.9. The van der Waals surface area contributed by atoms with Crippen molar-refractivity contribution in [2.24, 2.45) is 5.92 Å². The second-order valence-corrected chi connectivity index (χ2v) is 4.97. The van der Waals surface area contributed by atoms with Gasteiger partial charge in [-0.25, -0.2) is 0 Å². The number of hydrogen-bond donors (Lipinski definition) is 0. The minimum Gasteiger partial charge on any atom is -0.381 e. The first-order valence-electron chi connectivity index (χ1n) is 5.22. The van der Waals surface area contributed by atoms with Crippen molar-refractivity contribution in [2.45, 2.75) is 18.2 Å². The quantitative estimate of drug-likeness (QED) is 0.740. The predicted molar refractivity (Wildman–Crippen MR) is 63.7 cm³/mol. The Balaban J connectivity index is 1.95. The summed E-state index contributed by atoms with van der Waals surface area (Å²) in [7, 11) is 0. The molecule has 3 heteroatoms. The fourth-order valence-corrected chi connectivity index (χ4v) is 2.48. The Hall–Kier alpha value is -0.240. The third-order valence-electron chi connectivity index (χ3n) is 2.80. The first-order valence-corrected chi connectivity index (χ1v) is 6.03. The van der Waals surface area contributed by atoms with Gasteiger partial charge in [-0.3, -0.25) is 0 Å². The van der Waals surface area contributed by atoms with E-state index in [9.17, 15) is 0 Å². The SMILES string of the molecule is Clc1cccc(CC(Cl)C2CCOC2)c1. The molecule has 1 fully saturated rings. The second-order valence-electron chi connectivity index (χ2n) is 3.97. The number of ether oxygens (including phenoxy) is 1. The summed E-state index contributed by atoms with van der Waals surface area (Å²) in [6.45, 7) is 1.65. The van der Waals surface area contributed by atoms with E-state index >= 15 is 0 Å². The van der Waals surface area contributed by atoms with Crippen LogP contribution >= 0.6 is 23.2 Å². The van der Waals surface area contributed by atoms with Gasteiger partial charge in [0.25, 0.3) is 0 Å². The summed E-state index contributed by atoms with van der Waals surface area (Å²) in [5.41, 5.74) is 1.20. The van der Waals surface area contributed by atoms with Gasteiger partial charge in [-0.1, -0.05) is 23.7 Å². The fourth-order valence-electron chi connectivity index (χ4n) is 1.89. The lowest BCUT2D eigenvalue weighted by atomic mass is 9.98. The van der Waals surface area contributed by atoms with E-state index in [4.69, 9.17) is 27.9 Å². The van der Waals surface area contributed by atoms with Crippen molar-refractivity contribution in [1.29, 1.82) is 0 Å². The van der Waals surface area contributed by atoms with Gasteiger partial charge in [0, 0.05) is 22.9 Å². The van der Waals surface area contributed by atoms with Crippen LogP contribution < -0.4 is 0 Å². The Morgan fingerprint density at radius 1 is 1.47 bits per heavy atom. The minimum atomic E-state index is 0.158. The van der Waals surface area contributed by atoms with Gasteiger partial charge in [-0.2, -0.15) is 0 Å². The highest BCUT2D eigenvalue weighted by molar-refractivity contribution is 6.30. The molecule has 82 valence electrons. The largest absolute Gasteiger partial charge is 0.381 e. The van der Waals surface area contributed by atoms with Gasteiger partial charge in [0.15, 0.2) is 0 Å². The van der Waals surface area contributed by atoms with Crippen LogP contribution in [0.3, 0.4) is 0 Å². The zero-order valence-electron chi connectivity index (χ0n) is 8.46. The van der Waals surface area contributed by atoms with E-state index in [0.29, 0.717) is 5.92 Å². The second kappa shape index (κ2) is 5.20. The van der Waals surface area contributed by atoms with E-state index in [1.54, 1.807) is 0 Å². The van der Waals surface area contributed by atoms with E-state index in [1.807, 2.05) is 18.2 Å². The molecule has 0 amide bonds. The summed E-state index contributed by atoms with van der Waals surface area (Å²) in [5, 5.41) is 0.935. The van der Waals surface area contributed by atoms with Crippen LogP contribution in [0.2, 0.25) is 5.02 Å². The van der Waals surface area contributed by atoms with Crippen LogP contribution in [0.25, 0.3) is 0 Å². The number of hydrogen-bond acceptors (Lipinski definition) is 1. The maximum Gasteiger partial charge on any atom is 0.0509 e. The molecule has 1 saturated heterocycles. The Kier molecular flexibility index (Phi) is 3.90. The van der Waals surface area contributed by atoms with Gasteiger partial charge in [0.05, 0.1) is 6.61 Å². The van der Waals surface area contributed by atoms with Crippen molar-refractivity contribution in [3.8, 4) is 0 Å². The maximum absolute atomic E-state index is 6.35. The van der Waals surface area contributed by atoms with Crippen LogP contribution in [0.15, 0.2) is 24.3 Å². The molecule has 2 unspecified atom stereocenters. The molecule has 1 nitrogen and oxygen atoms in total. The molecule has 0 saturated carbocycles. The molecule has 0 aromatic heterocycles. The Morgan fingerprint density at radius 2 is 2.33 bits per heavy atom. The molecule has 15 heavy (non-hydrogen) atoms. The minimum absolute atomic E-state index is 0.158. The smallest absolute Gasteiger partial charge is 0.0509 e. The number of benzene rings is 1. The van der Waals surface area contributed by atoms with E-state index in [2.05, 4.69) is 6.07 Å². The monoisotopic (exact) mass is 244 g/mol. The first kappa shape index (κ1) is 11.3. The van der Waals surface area contributed by atoms with Crippen molar-refractivity contribution in [3.63, 3.8) is 0 Å². The van der Waals surface area contributed by atoms with Crippen LogP contribution in [0.1, 0.15) is 12.0 Å². The lowest BCUT2D eigenvalue weighted by Gasteiger charge is -2.15. The summed E-state index contributed by atoms with van der Waals surface area (Å²) in [6, 6.07) is 7.89. The summed E-state index contributed by atoms with van der Waals surface area (Å²) in [6.07, 6.45) is 1.95. The predicted octanol–water partition coefficient (Wildman–Crippen LogP) is 3.53. The van der Waals surface area contributed by atoms with Crippen LogP contribution in [-0.2, 0) is 11.2 Å². The first-order chi connectivity index (χ1) is 7.25. The average molecular weight is 245 g/mol. The van der Waals surface area contributed by atoms with Crippen molar-refractivity contribution in [1.82, 2.24) is 0 Å².